The average molecular weight is 899 g/mol. The van der Waals surface area contributed by atoms with Crippen LogP contribution in [0.2, 0.25) is 0 Å². The number of ether oxygens (including phenoxy) is 9. The minimum Gasteiger partial charge on any atom is -0.504 e. The summed E-state index contributed by atoms with van der Waals surface area (Å²) in [5.41, 5.74) is 2.80. The summed E-state index contributed by atoms with van der Waals surface area (Å²) >= 11 is 1.30. The molecule has 7 aliphatic rings. The second-order valence-corrected chi connectivity index (χ2v) is 17.3. The van der Waals surface area contributed by atoms with Gasteiger partial charge in [-0.3, -0.25) is 9.69 Å². The first kappa shape index (κ1) is 43.1. The maximum atomic E-state index is 15.4. The number of hydrogen-bond acceptors (Lipinski definition) is 19. The summed E-state index contributed by atoms with van der Waals surface area (Å²) in [6.45, 7) is 11.5. The Bertz CT molecular complexity index is 2540. The fourth-order valence-electron chi connectivity index (χ4n) is 10.6. The minimum atomic E-state index is -1.85. The molecule has 0 saturated carbocycles. The van der Waals surface area contributed by atoms with Crippen molar-refractivity contribution in [2.75, 3.05) is 39.9 Å². The standard InChI is InChI=1S/C45H46N4O14S/c1-8-57-43(53)48-11-10-23-14-30(63-44(54)58-9-2)29(55-6)15-25(23)45(48)18-64-41-33-32(40-39(60-19-61-40)21(4)38(33)62-22(5)50)28(17-59-42(45)52)49-27(16-46)26-13-24-12-20(3)37(56-7)36(51)31(24)34(47-26)35(41)49/h8-9,12,14-15,26-28,34-35,41,43,47,51,53H,1-2,10-11,13,17-19H2,3-7H3/t26-,27-,28?,34+,35?,41+,43?,45+/m0/s1. The number of aliphatic hydroxyl groups is 1. The van der Waals surface area contributed by atoms with E-state index in [1.165, 1.54) is 37.8 Å². The van der Waals surface area contributed by atoms with Crippen molar-refractivity contribution in [3.8, 4) is 46.3 Å². The van der Waals surface area contributed by atoms with Gasteiger partial charge in [0.15, 0.2) is 40.0 Å². The van der Waals surface area contributed by atoms with Crippen molar-refractivity contribution >= 4 is 29.9 Å². The second-order valence-electron chi connectivity index (χ2n) is 16.1. The zero-order valence-corrected chi connectivity index (χ0v) is 36.4. The summed E-state index contributed by atoms with van der Waals surface area (Å²) in [6, 6.07) is 4.12. The van der Waals surface area contributed by atoms with Crippen LogP contribution in [0.5, 0.6) is 40.2 Å². The Morgan fingerprint density at radius 3 is 2.52 bits per heavy atom. The molecule has 18 nitrogen and oxygen atoms in total. The van der Waals surface area contributed by atoms with Crippen molar-refractivity contribution in [3.05, 3.63) is 88.4 Å². The van der Waals surface area contributed by atoms with Gasteiger partial charge < -0.3 is 58.2 Å². The SMILES string of the molecule is C=COC(=O)Oc1cc2c(cc1OC)[C@@]1(CS[C@@H]3c4c(OC(C)=O)c(C)c5c(c4C(COC1=O)N1C3[C@@H]3N[C@@H](Cc4cc(C)c(OC)c(O)c43)[C@@H]1C#N)OCO5)N(C(O)OC=C)CC2. The predicted molar refractivity (Wildman–Crippen MR) is 225 cm³/mol. The summed E-state index contributed by atoms with van der Waals surface area (Å²) in [5.74, 6) is -0.256. The first-order valence-corrected chi connectivity index (χ1v) is 21.6. The number of carbonyl (C=O) groups is 3. The molecule has 336 valence electrons. The summed E-state index contributed by atoms with van der Waals surface area (Å²) in [6.07, 6.45) is -0.154. The first-order valence-electron chi connectivity index (χ1n) is 20.5. The smallest absolute Gasteiger partial charge is 0.504 e. The van der Waals surface area contributed by atoms with Crippen molar-refractivity contribution < 1.29 is 67.2 Å². The lowest BCUT2D eigenvalue weighted by molar-refractivity contribution is -0.213. The lowest BCUT2D eigenvalue weighted by atomic mass is 9.72. The van der Waals surface area contributed by atoms with E-state index in [1.807, 2.05) is 17.9 Å². The third-order valence-corrected chi connectivity index (χ3v) is 14.5. The van der Waals surface area contributed by atoms with Crippen LogP contribution >= 0.6 is 11.8 Å². The van der Waals surface area contributed by atoms with Gasteiger partial charge in [-0.15, -0.1) is 11.8 Å². The Hall–Kier alpha value is -6.17. The number of phenolic OH excluding ortho intramolecular Hbond substituents is 1. The Kier molecular flexibility index (Phi) is 11.1. The number of aryl methyl sites for hydroxylation is 1. The Morgan fingerprint density at radius 1 is 1.03 bits per heavy atom. The van der Waals surface area contributed by atoms with Crippen LogP contribution in [0.4, 0.5) is 4.79 Å². The van der Waals surface area contributed by atoms with E-state index in [4.69, 9.17) is 42.6 Å². The number of nitriles is 1. The van der Waals surface area contributed by atoms with E-state index < -0.39 is 65.5 Å². The molecule has 4 bridgehead atoms. The molecule has 3 unspecified atom stereocenters. The molecule has 3 aromatic rings. The van der Waals surface area contributed by atoms with Gasteiger partial charge in [-0.1, -0.05) is 19.2 Å². The maximum Gasteiger partial charge on any atom is 0.518 e. The molecule has 64 heavy (non-hydrogen) atoms. The van der Waals surface area contributed by atoms with Crippen LogP contribution in [0.1, 0.15) is 68.8 Å². The van der Waals surface area contributed by atoms with E-state index in [0.29, 0.717) is 57.1 Å². The Balaban J connectivity index is 1.31. The summed E-state index contributed by atoms with van der Waals surface area (Å²) in [7, 11) is 2.86. The molecule has 0 radical (unpaired) electrons. The minimum absolute atomic E-state index is 0.00786. The van der Waals surface area contributed by atoms with Gasteiger partial charge in [0, 0.05) is 53.6 Å². The fraction of sp³-hybridized carbons (Fsp3) is 0.422. The van der Waals surface area contributed by atoms with E-state index >= 15 is 4.79 Å². The van der Waals surface area contributed by atoms with Gasteiger partial charge >= 0.3 is 18.1 Å². The number of nitrogens with one attached hydrogen (secondary N) is 1. The number of esters is 2. The zero-order chi connectivity index (χ0) is 45.4. The molecule has 0 amide bonds. The van der Waals surface area contributed by atoms with Crippen LogP contribution in [0.15, 0.2) is 43.9 Å². The average Bonchev–Trinajstić information content (AvgIpc) is 3.76. The van der Waals surface area contributed by atoms with Crippen molar-refractivity contribution in [2.45, 2.75) is 81.0 Å². The number of piperazine rings is 1. The second kappa shape index (κ2) is 16.4. The largest absolute Gasteiger partial charge is 0.518 e. The number of aromatic hydroxyl groups is 1. The van der Waals surface area contributed by atoms with E-state index in [2.05, 4.69) is 24.5 Å². The number of thioether (sulfide) groups is 1. The normalized spacial score (nSPS) is 26.7. The number of benzene rings is 3. The molecule has 3 aromatic carbocycles. The number of aliphatic hydroxyl groups excluding tert-OH is 1. The van der Waals surface area contributed by atoms with Crippen LogP contribution < -0.4 is 33.7 Å². The highest BCUT2D eigenvalue weighted by Gasteiger charge is 2.62. The number of hydrogen-bond donors (Lipinski definition) is 3. The maximum absolute atomic E-state index is 15.4. The van der Waals surface area contributed by atoms with Gasteiger partial charge in [0.25, 0.3) is 6.41 Å². The third-order valence-electron chi connectivity index (χ3n) is 13.0. The Morgan fingerprint density at radius 2 is 1.81 bits per heavy atom. The predicted octanol–water partition coefficient (Wildman–Crippen LogP) is 4.75. The number of nitrogens with zero attached hydrogens (tertiary/aromatic N) is 3. The van der Waals surface area contributed by atoms with Gasteiger partial charge in [-0.25, -0.2) is 14.5 Å². The number of carbonyl (C=O) groups excluding carboxylic acids is 3. The number of fused-ring (bicyclic) bond motifs is 9. The monoisotopic (exact) mass is 898 g/mol. The van der Waals surface area contributed by atoms with Crippen LogP contribution in [0.3, 0.4) is 0 Å². The zero-order valence-electron chi connectivity index (χ0n) is 35.6. The number of phenols is 1. The number of rotatable bonds is 8. The molecule has 10 rings (SSSR count). The first-order chi connectivity index (χ1) is 30.8. The molecule has 2 saturated heterocycles. The molecule has 0 aromatic heterocycles. The van der Waals surface area contributed by atoms with Crippen LogP contribution in [0, 0.1) is 25.2 Å². The fourth-order valence-corrected chi connectivity index (χ4v) is 12.4. The van der Waals surface area contributed by atoms with E-state index in [9.17, 15) is 25.1 Å². The third kappa shape index (κ3) is 6.41. The molecule has 1 spiro atoms. The molecule has 3 N–H and O–H groups in total. The highest BCUT2D eigenvalue weighted by Crippen LogP contribution is 2.64. The van der Waals surface area contributed by atoms with E-state index in [0.717, 1.165) is 23.7 Å². The highest BCUT2D eigenvalue weighted by molar-refractivity contribution is 7.99. The molecule has 19 heteroatoms. The van der Waals surface area contributed by atoms with Crippen LogP contribution in [-0.2, 0) is 42.2 Å². The van der Waals surface area contributed by atoms with Gasteiger partial charge in [-0.2, -0.15) is 5.26 Å². The van der Waals surface area contributed by atoms with E-state index in [-0.39, 0.29) is 55.1 Å². The van der Waals surface area contributed by atoms with Crippen molar-refractivity contribution in [2.24, 2.45) is 0 Å². The molecule has 8 atom stereocenters. The van der Waals surface area contributed by atoms with Crippen molar-refractivity contribution in [3.63, 3.8) is 0 Å². The van der Waals surface area contributed by atoms with Crippen molar-refractivity contribution in [1.29, 1.82) is 5.26 Å². The molecule has 7 heterocycles. The molecule has 2 fully saturated rings. The Labute approximate surface area is 372 Å². The van der Waals surface area contributed by atoms with Crippen LogP contribution in [-0.4, -0.2) is 103 Å². The lowest BCUT2D eigenvalue weighted by Crippen LogP contribution is -2.69. The van der Waals surface area contributed by atoms with Gasteiger partial charge in [0.05, 0.1) is 50.1 Å². The molecular weight excluding hydrogens is 853 g/mol. The van der Waals surface area contributed by atoms with Crippen molar-refractivity contribution in [1.82, 2.24) is 15.1 Å². The topological polar surface area (TPSA) is 217 Å². The van der Waals surface area contributed by atoms with E-state index in [1.54, 1.807) is 19.1 Å². The summed E-state index contributed by atoms with van der Waals surface area (Å²) in [4.78, 5) is 44.6. The molecule has 0 aliphatic carbocycles. The summed E-state index contributed by atoms with van der Waals surface area (Å²) < 4.78 is 52.3. The van der Waals surface area contributed by atoms with Gasteiger partial charge in [0.1, 0.15) is 18.4 Å². The van der Waals surface area contributed by atoms with Crippen LogP contribution in [0.25, 0.3) is 0 Å². The van der Waals surface area contributed by atoms with Gasteiger partial charge in [0.2, 0.25) is 6.79 Å². The summed E-state index contributed by atoms with van der Waals surface area (Å²) in [5, 5.41) is 37.9. The number of methoxy groups -OCH3 is 2. The molecular formula is C45H46N4O14S. The quantitative estimate of drug-likeness (QED) is 0.0914. The molecule has 7 aliphatic heterocycles. The highest BCUT2D eigenvalue weighted by atomic mass is 32.2. The van der Waals surface area contributed by atoms with Gasteiger partial charge in [-0.05, 0) is 61.1 Å². The lowest BCUT2D eigenvalue weighted by Gasteiger charge is -2.59.